The Morgan fingerprint density at radius 1 is 1.30 bits per heavy atom. The van der Waals surface area contributed by atoms with E-state index in [0.717, 1.165) is 25.0 Å². The first-order valence-electron chi connectivity index (χ1n) is 8.07. The van der Waals surface area contributed by atoms with Crippen LogP contribution < -0.4 is 5.32 Å². The summed E-state index contributed by atoms with van der Waals surface area (Å²) < 4.78 is 24.5. The van der Waals surface area contributed by atoms with Gasteiger partial charge in [-0.2, -0.15) is 0 Å². The highest BCUT2D eigenvalue weighted by molar-refractivity contribution is 7.88. The molecule has 2 aliphatic rings. The van der Waals surface area contributed by atoms with E-state index in [-0.39, 0.29) is 11.8 Å². The molecule has 1 saturated heterocycles. The van der Waals surface area contributed by atoms with Crippen molar-refractivity contribution in [2.75, 3.05) is 24.7 Å². The molecule has 0 aromatic carbocycles. The first kappa shape index (κ1) is 16.9. The topological polar surface area (TPSA) is 79.4 Å². The van der Waals surface area contributed by atoms with Crippen LogP contribution >= 0.6 is 11.3 Å². The minimum absolute atomic E-state index is 0.0303. The Morgan fingerprint density at radius 2 is 2.00 bits per heavy atom. The Kier molecular flexibility index (Phi) is 4.75. The molecule has 0 radical (unpaired) electrons. The number of rotatable bonds is 3. The van der Waals surface area contributed by atoms with Crippen LogP contribution in [0.2, 0.25) is 0 Å². The predicted molar refractivity (Wildman–Crippen MR) is 91.1 cm³/mol. The third-order valence-electron chi connectivity index (χ3n) is 4.71. The fourth-order valence-electron chi connectivity index (χ4n) is 3.25. The zero-order valence-electron chi connectivity index (χ0n) is 13.5. The normalized spacial score (nSPS) is 23.5. The van der Waals surface area contributed by atoms with Gasteiger partial charge in [-0.3, -0.25) is 4.79 Å². The van der Waals surface area contributed by atoms with Crippen molar-refractivity contribution in [2.45, 2.75) is 39.0 Å². The standard InChI is InChI=1S/C15H23N3O3S2/c1-10-3-4-12-13(9-10)22-15(16-12)17-14(19)11-5-7-18(8-6-11)23(2,20)21/h10-11H,3-9H2,1-2H3,(H,16,17,19). The minimum atomic E-state index is -3.15. The summed E-state index contributed by atoms with van der Waals surface area (Å²) in [5.41, 5.74) is 1.13. The first-order chi connectivity index (χ1) is 10.8. The van der Waals surface area contributed by atoms with E-state index in [0.29, 0.717) is 37.0 Å². The zero-order valence-corrected chi connectivity index (χ0v) is 15.2. The third-order valence-corrected chi connectivity index (χ3v) is 7.05. The highest BCUT2D eigenvalue weighted by Crippen LogP contribution is 2.32. The Morgan fingerprint density at radius 3 is 2.65 bits per heavy atom. The molecule has 0 spiro atoms. The van der Waals surface area contributed by atoms with Gasteiger partial charge in [0.25, 0.3) is 0 Å². The van der Waals surface area contributed by atoms with Crippen molar-refractivity contribution in [3.8, 4) is 0 Å². The number of nitrogens with one attached hydrogen (secondary N) is 1. The molecule has 0 saturated carbocycles. The van der Waals surface area contributed by atoms with Gasteiger partial charge in [0.2, 0.25) is 15.9 Å². The fourth-order valence-corrected chi connectivity index (χ4v) is 5.30. The fraction of sp³-hybridized carbons (Fsp3) is 0.733. The van der Waals surface area contributed by atoms with Crippen molar-refractivity contribution in [3.63, 3.8) is 0 Å². The van der Waals surface area contributed by atoms with Gasteiger partial charge >= 0.3 is 0 Å². The number of nitrogens with zero attached hydrogens (tertiary/aromatic N) is 2. The number of amides is 1. The molecule has 3 rings (SSSR count). The van der Waals surface area contributed by atoms with Crippen molar-refractivity contribution in [1.29, 1.82) is 0 Å². The van der Waals surface area contributed by atoms with Gasteiger partial charge in [0.15, 0.2) is 5.13 Å². The number of sulfonamides is 1. The smallest absolute Gasteiger partial charge is 0.229 e. The zero-order chi connectivity index (χ0) is 16.6. The quantitative estimate of drug-likeness (QED) is 0.896. The van der Waals surface area contributed by atoms with Crippen molar-refractivity contribution >= 4 is 32.4 Å². The Hall–Kier alpha value is -0.990. The van der Waals surface area contributed by atoms with Gasteiger partial charge in [-0.05, 0) is 38.0 Å². The summed E-state index contributed by atoms with van der Waals surface area (Å²) in [6, 6.07) is 0. The second-order valence-electron chi connectivity index (χ2n) is 6.66. The maximum atomic E-state index is 12.4. The molecule has 2 heterocycles. The molecule has 8 heteroatoms. The molecule has 1 amide bonds. The Balaban J connectivity index is 1.58. The van der Waals surface area contributed by atoms with E-state index >= 15 is 0 Å². The number of fused-ring (bicyclic) bond motifs is 1. The number of anilines is 1. The Labute approximate surface area is 141 Å². The van der Waals surface area contributed by atoms with Crippen LogP contribution in [0.15, 0.2) is 0 Å². The van der Waals surface area contributed by atoms with E-state index in [2.05, 4.69) is 17.2 Å². The number of hydrogen-bond acceptors (Lipinski definition) is 5. The molecule has 1 aliphatic carbocycles. The summed E-state index contributed by atoms with van der Waals surface area (Å²) in [7, 11) is -3.15. The van der Waals surface area contributed by atoms with E-state index in [4.69, 9.17) is 0 Å². The molecule has 1 N–H and O–H groups in total. The predicted octanol–water partition coefficient (Wildman–Crippen LogP) is 1.88. The minimum Gasteiger partial charge on any atom is -0.302 e. The monoisotopic (exact) mass is 357 g/mol. The summed E-state index contributed by atoms with van der Waals surface area (Å²) in [4.78, 5) is 18.2. The molecule has 0 bridgehead atoms. The van der Waals surface area contributed by atoms with Crippen LogP contribution in [0.3, 0.4) is 0 Å². The average Bonchev–Trinajstić information content (AvgIpc) is 2.87. The number of thiazole rings is 1. The van der Waals surface area contributed by atoms with Gasteiger partial charge in [0.1, 0.15) is 0 Å². The van der Waals surface area contributed by atoms with Crippen LogP contribution in [-0.2, 0) is 27.7 Å². The van der Waals surface area contributed by atoms with Gasteiger partial charge in [0, 0.05) is 23.9 Å². The van der Waals surface area contributed by atoms with E-state index in [1.165, 1.54) is 15.4 Å². The number of carbonyl (C=O) groups excluding carboxylic acids is 1. The molecular formula is C15H23N3O3S2. The number of hydrogen-bond donors (Lipinski definition) is 1. The van der Waals surface area contributed by atoms with Crippen molar-refractivity contribution < 1.29 is 13.2 Å². The number of aromatic nitrogens is 1. The molecule has 1 aromatic rings. The van der Waals surface area contributed by atoms with Crippen LogP contribution in [-0.4, -0.2) is 43.0 Å². The van der Waals surface area contributed by atoms with E-state index in [1.807, 2.05) is 0 Å². The molecule has 1 fully saturated rings. The lowest BCUT2D eigenvalue weighted by Crippen LogP contribution is -2.40. The third kappa shape index (κ3) is 3.92. The van der Waals surface area contributed by atoms with Crippen LogP contribution in [0.25, 0.3) is 0 Å². The number of carbonyl (C=O) groups is 1. The van der Waals surface area contributed by atoms with Crippen LogP contribution in [0.1, 0.15) is 36.8 Å². The summed E-state index contributed by atoms with van der Waals surface area (Å²) in [5.74, 6) is 0.525. The van der Waals surface area contributed by atoms with Crippen molar-refractivity contribution in [2.24, 2.45) is 11.8 Å². The summed E-state index contributed by atoms with van der Waals surface area (Å²) >= 11 is 1.59. The lowest BCUT2D eigenvalue weighted by atomic mass is 9.93. The van der Waals surface area contributed by atoms with Crippen LogP contribution in [0.5, 0.6) is 0 Å². The second kappa shape index (κ2) is 6.49. The highest BCUT2D eigenvalue weighted by atomic mass is 32.2. The lowest BCUT2D eigenvalue weighted by Gasteiger charge is -2.29. The second-order valence-corrected chi connectivity index (χ2v) is 9.73. The van der Waals surface area contributed by atoms with Crippen LogP contribution in [0, 0.1) is 11.8 Å². The molecule has 128 valence electrons. The summed E-state index contributed by atoms with van der Waals surface area (Å²) in [5, 5.41) is 3.63. The SMILES string of the molecule is CC1CCc2nc(NC(=O)C3CCN(S(C)(=O)=O)CC3)sc2C1. The van der Waals surface area contributed by atoms with Gasteiger partial charge in [-0.1, -0.05) is 6.92 Å². The molecular weight excluding hydrogens is 334 g/mol. The lowest BCUT2D eigenvalue weighted by molar-refractivity contribution is -0.120. The Bertz CT molecular complexity index is 691. The van der Waals surface area contributed by atoms with Gasteiger partial charge in [0.05, 0.1) is 11.9 Å². The average molecular weight is 358 g/mol. The van der Waals surface area contributed by atoms with Gasteiger partial charge < -0.3 is 5.32 Å². The number of aryl methyl sites for hydroxylation is 1. The highest BCUT2D eigenvalue weighted by Gasteiger charge is 2.29. The molecule has 1 aromatic heterocycles. The van der Waals surface area contributed by atoms with E-state index in [9.17, 15) is 13.2 Å². The van der Waals surface area contributed by atoms with E-state index < -0.39 is 10.0 Å². The van der Waals surface area contributed by atoms with Gasteiger partial charge in [-0.25, -0.2) is 17.7 Å². The molecule has 1 aliphatic heterocycles. The number of piperidine rings is 1. The largest absolute Gasteiger partial charge is 0.302 e. The molecule has 6 nitrogen and oxygen atoms in total. The van der Waals surface area contributed by atoms with E-state index in [1.54, 1.807) is 11.3 Å². The summed E-state index contributed by atoms with van der Waals surface area (Å²) in [6.07, 6.45) is 5.57. The maximum Gasteiger partial charge on any atom is 0.229 e. The molecule has 1 unspecified atom stereocenters. The van der Waals surface area contributed by atoms with Crippen LogP contribution in [0.4, 0.5) is 5.13 Å². The first-order valence-corrected chi connectivity index (χ1v) is 10.7. The van der Waals surface area contributed by atoms with Crippen molar-refractivity contribution in [1.82, 2.24) is 9.29 Å². The molecule has 23 heavy (non-hydrogen) atoms. The summed E-state index contributed by atoms with van der Waals surface area (Å²) in [6.45, 7) is 3.09. The van der Waals surface area contributed by atoms with Gasteiger partial charge in [-0.15, -0.1) is 11.3 Å². The van der Waals surface area contributed by atoms with Crippen molar-refractivity contribution in [3.05, 3.63) is 10.6 Å². The maximum absolute atomic E-state index is 12.4. The molecule has 1 atom stereocenters.